The molecule has 2 aliphatic rings. The number of nitrogens with one attached hydrogen (secondary N) is 1. The highest BCUT2D eigenvalue weighted by molar-refractivity contribution is 5.80. The molecule has 1 saturated heterocycles. The minimum atomic E-state index is -3.06. The van der Waals surface area contributed by atoms with Crippen LogP contribution >= 0.6 is 0 Å². The number of alkyl halides is 4. The van der Waals surface area contributed by atoms with Gasteiger partial charge in [0.2, 0.25) is 5.91 Å². The average molecular weight is 436 g/mol. The Morgan fingerprint density at radius 1 is 1.13 bits per heavy atom. The molecule has 3 rings (SSSR count). The first kappa shape index (κ1) is 22.6. The topological polar surface area (TPSA) is 50.8 Å². The molecule has 0 radical (unpaired) electrons. The number of ether oxygens (including phenoxy) is 2. The van der Waals surface area contributed by atoms with E-state index in [-0.39, 0.29) is 29.4 Å². The van der Waals surface area contributed by atoms with Gasteiger partial charge in [0.25, 0.3) is 6.43 Å². The molecule has 2 fully saturated rings. The van der Waals surface area contributed by atoms with Crippen LogP contribution in [-0.4, -0.2) is 55.1 Å². The van der Waals surface area contributed by atoms with Crippen molar-refractivity contribution >= 4 is 5.91 Å². The number of rotatable bonds is 8. The number of piperidine rings is 1. The molecule has 1 saturated carbocycles. The van der Waals surface area contributed by atoms with E-state index < -0.39 is 31.0 Å². The smallest absolute Gasteiger partial charge is 0.387 e. The van der Waals surface area contributed by atoms with Crippen molar-refractivity contribution in [2.24, 2.45) is 5.92 Å². The lowest BCUT2D eigenvalue weighted by molar-refractivity contribution is -0.131. The second-order valence-electron chi connectivity index (χ2n) is 7.77. The lowest BCUT2D eigenvalue weighted by Gasteiger charge is -2.38. The maximum atomic E-state index is 13.4. The highest BCUT2D eigenvalue weighted by Crippen LogP contribution is 2.36. The van der Waals surface area contributed by atoms with Crippen molar-refractivity contribution < 1.29 is 36.2 Å². The summed E-state index contributed by atoms with van der Waals surface area (Å²) in [5.74, 6) is -1.46. The van der Waals surface area contributed by atoms with Crippen molar-refractivity contribution in [3.05, 3.63) is 24.0 Å². The number of carbonyl (C=O) groups is 1. The third-order valence-electron chi connectivity index (χ3n) is 5.70. The van der Waals surface area contributed by atoms with Gasteiger partial charge in [0, 0.05) is 31.1 Å². The second kappa shape index (κ2) is 9.80. The van der Waals surface area contributed by atoms with E-state index in [1.54, 1.807) is 4.90 Å². The van der Waals surface area contributed by atoms with E-state index in [1.807, 2.05) is 0 Å². The Kier molecular flexibility index (Phi) is 7.38. The molecule has 1 N–H and O–H groups in total. The van der Waals surface area contributed by atoms with E-state index in [4.69, 9.17) is 4.74 Å². The van der Waals surface area contributed by atoms with Gasteiger partial charge in [0.15, 0.2) is 11.5 Å². The van der Waals surface area contributed by atoms with Crippen LogP contribution in [0, 0.1) is 11.7 Å². The summed E-state index contributed by atoms with van der Waals surface area (Å²) in [6.45, 7) is -0.569. The zero-order valence-electron chi connectivity index (χ0n) is 16.5. The Hall–Kier alpha value is -2.10. The molecule has 0 spiro atoms. The van der Waals surface area contributed by atoms with Crippen LogP contribution in [0.5, 0.6) is 11.5 Å². The maximum absolute atomic E-state index is 13.4. The average Bonchev–Trinajstić information content (AvgIpc) is 2.65. The fraction of sp³-hybridized carbons (Fsp3) is 0.650. The third-order valence-corrected chi connectivity index (χ3v) is 5.70. The molecule has 10 heteroatoms. The molecule has 1 aliphatic carbocycles. The zero-order valence-corrected chi connectivity index (χ0v) is 16.5. The van der Waals surface area contributed by atoms with E-state index >= 15 is 0 Å². The summed E-state index contributed by atoms with van der Waals surface area (Å²) in [6, 6.07) is 2.18. The van der Waals surface area contributed by atoms with Crippen LogP contribution in [0.15, 0.2) is 18.2 Å². The molecule has 1 heterocycles. The first-order valence-electron chi connectivity index (χ1n) is 9.96. The normalized spacial score (nSPS) is 23.9. The summed E-state index contributed by atoms with van der Waals surface area (Å²) in [6.07, 6.45) is -0.848. The predicted octanol–water partition coefficient (Wildman–Crippen LogP) is 3.82. The molecule has 1 aromatic rings. The van der Waals surface area contributed by atoms with Crippen LogP contribution < -0.4 is 14.8 Å². The monoisotopic (exact) mass is 436 g/mol. The number of carbonyl (C=O) groups excluding carboxylic acids is 1. The molecule has 0 aromatic heterocycles. The van der Waals surface area contributed by atoms with Gasteiger partial charge in [0.1, 0.15) is 11.9 Å². The molecule has 30 heavy (non-hydrogen) atoms. The number of benzene rings is 1. The molecule has 5 nitrogen and oxygen atoms in total. The van der Waals surface area contributed by atoms with E-state index in [0.717, 1.165) is 18.2 Å². The van der Waals surface area contributed by atoms with E-state index in [9.17, 15) is 26.7 Å². The first-order chi connectivity index (χ1) is 14.2. The molecule has 1 aliphatic heterocycles. The van der Waals surface area contributed by atoms with Gasteiger partial charge in [-0.05, 0) is 44.7 Å². The molecule has 168 valence electrons. The molecule has 1 unspecified atom stereocenters. The first-order valence-corrected chi connectivity index (χ1v) is 9.96. The van der Waals surface area contributed by atoms with Crippen molar-refractivity contribution in [3.63, 3.8) is 0 Å². The van der Waals surface area contributed by atoms with Gasteiger partial charge in [-0.2, -0.15) is 8.78 Å². The summed E-state index contributed by atoms with van der Waals surface area (Å²) in [5.41, 5.74) is 0. The van der Waals surface area contributed by atoms with Crippen LogP contribution in [0.4, 0.5) is 22.0 Å². The summed E-state index contributed by atoms with van der Waals surface area (Å²) in [5, 5.41) is 2.95. The molecular formula is C20H25F5N2O3. The number of likely N-dealkylation sites (tertiary alicyclic amines) is 1. The van der Waals surface area contributed by atoms with Gasteiger partial charge in [-0.15, -0.1) is 0 Å². The van der Waals surface area contributed by atoms with Gasteiger partial charge < -0.3 is 14.8 Å². The van der Waals surface area contributed by atoms with Crippen LogP contribution in [-0.2, 0) is 4.79 Å². The molecule has 1 atom stereocenters. The third kappa shape index (κ3) is 5.74. The molecule has 1 amide bonds. The Balaban J connectivity index is 1.43. The standard InChI is InChI=1S/C20H25F5N2O3/c1-11(18(22)23)27-6-4-14(5-7-27)26-19(28)12-8-15(9-12)29-17-10-13(21)2-3-16(17)30-20(24)25/h2-3,10-12,14-15,18,20H,4-9H2,1H3,(H,26,28)/t11?,12-,15-. The van der Waals surface area contributed by atoms with E-state index in [1.165, 1.54) is 6.92 Å². The molecule has 0 bridgehead atoms. The Labute approximate surface area is 171 Å². The molecule has 1 aromatic carbocycles. The fourth-order valence-electron chi connectivity index (χ4n) is 3.75. The van der Waals surface area contributed by atoms with Crippen molar-refractivity contribution in [3.8, 4) is 11.5 Å². The summed E-state index contributed by atoms with van der Waals surface area (Å²) in [4.78, 5) is 14.1. The quantitative estimate of drug-likeness (QED) is 0.630. The number of nitrogens with zero attached hydrogens (tertiary/aromatic N) is 1. The highest BCUT2D eigenvalue weighted by Gasteiger charge is 2.38. The lowest BCUT2D eigenvalue weighted by Crippen LogP contribution is -2.51. The minimum absolute atomic E-state index is 0.0622. The maximum Gasteiger partial charge on any atom is 0.387 e. The Bertz CT molecular complexity index is 722. The van der Waals surface area contributed by atoms with Gasteiger partial charge in [-0.1, -0.05) is 0 Å². The van der Waals surface area contributed by atoms with Crippen molar-refractivity contribution in [1.82, 2.24) is 10.2 Å². The van der Waals surface area contributed by atoms with E-state index in [0.29, 0.717) is 38.8 Å². The van der Waals surface area contributed by atoms with Crippen LogP contribution in [0.1, 0.15) is 32.6 Å². The van der Waals surface area contributed by atoms with Crippen LogP contribution in [0.2, 0.25) is 0 Å². The Morgan fingerprint density at radius 2 is 1.80 bits per heavy atom. The van der Waals surface area contributed by atoms with E-state index in [2.05, 4.69) is 10.1 Å². The zero-order chi connectivity index (χ0) is 21.8. The van der Waals surface area contributed by atoms with Gasteiger partial charge in [-0.25, -0.2) is 13.2 Å². The predicted molar refractivity (Wildman–Crippen MR) is 98.4 cm³/mol. The van der Waals surface area contributed by atoms with Gasteiger partial charge in [-0.3, -0.25) is 9.69 Å². The Morgan fingerprint density at radius 3 is 2.40 bits per heavy atom. The molecular weight excluding hydrogens is 411 g/mol. The van der Waals surface area contributed by atoms with Crippen LogP contribution in [0.25, 0.3) is 0 Å². The number of amides is 1. The van der Waals surface area contributed by atoms with Gasteiger partial charge >= 0.3 is 6.61 Å². The second-order valence-corrected chi connectivity index (χ2v) is 7.77. The minimum Gasteiger partial charge on any atom is -0.486 e. The number of hydrogen-bond acceptors (Lipinski definition) is 4. The largest absolute Gasteiger partial charge is 0.486 e. The SMILES string of the molecule is CC(C(F)F)N1CCC(NC(=O)[C@H]2C[C@H](Oc3cc(F)ccc3OC(F)F)C2)CC1. The van der Waals surface area contributed by atoms with Crippen molar-refractivity contribution in [2.45, 2.75) is 63.8 Å². The summed E-state index contributed by atoms with van der Waals surface area (Å²) in [7, 11) is 0. The fourth-order valence-corrected chi connectivity index (χ4v) is 3.75. The number of hydrogen-bond donors (Lipinski definition) is 1. The van der Waals surface area contributed by atoms with Gasteiger partial charge in [0.05, 0.1) is 6.04 Å². The summed E-state index contributed by atoms with van der Waals surface area (Å²) < 4.78 is 73.8. The summed E-state index contributed by atoms with van der Waals surface area (Å²) >= 11 is 0. The van der Waals surface area contributed by atoms with Crippen LogP contribution in [0.3, 0.4) is 0 Å². The highest BCUT2D eigenvalue weighted by atomic mass is 19.3. The van der Waals surface area contributed by atoms with Crippen molar-refractivity contribution in [1.29, 1.82) is 0 Å². The van der Waals surface area contributed by atoms with Crippen molar-refractivity contribution in [2.75, 3.05) is 13.1 Å². The lowest BCUT2D eigenvalue weighted by atomic mass is 9.81. The number of halogens is 5.